The molecule has 0 aliphatic rings. The van der Waals surface area contributed by atoms with E-state index in [1.165, 1.54) is 26.8 Å². The molecule has 0 aliphatic carbocycles. The molecule has 0 N–H and O–H groups in total. The summed E-state index contributed by atoms with van der Waals surface area (Å²) >= 11 is 0. The third-order valence-electron chi connectivity index (χ3n) is 3.88. The van der Waals surface area contributed by atoms with E-state index in [9.17, 15) is 4.79 Å². The maximum absolute atomic E-state index is 12.1. The Morgan fingerprint density at radius 1 is 0.966 bits per heavy atom. The molecule has 0 spiro atoms. The minimum atomic E-state index is -0.544. The second-order valence-corrected chi connectivity index (χ2v) is 5.83. The molecule has 0 saturated heterocycles. The molecule has 148 valence electrons. The summed E-state index contributed by atoms with van der Waals surface area (Å²) in [5.41, 5.74) is 1.75. The number of methoxy groups -OCH3 is 2. The molecular formula is C22H20N2O5. The minimum Gasteiger partial charge on any atom is -0.503 e. The molecule has 0 fully saturated rings. The van der Waals surface area contributed by atoms with Gasteiger partial charge in [0.15, 0.2) is 0 Å². The second-order valence-electron chi connectivity index (χ2n) is 5.83. The van der Waals surface area contributed by atoms with Crippen LogP contribution in [0.15, 0.2) is 73.3 Å². The Hall–Kier alpha value is -3.87. The summed E-state index contributed by atoms with van der Waals surface area (Å²) in [5, 5.41) is 0. The highest BCUT2D eigenvalue weighted by atomic mass is 16.5. The second kappa shape index (κ2) is 9.89. The highest BCUT2D eigenvalue weighted by Crippen LogP contribution is 2.31. The highest BCUT2D eigenvalue weighted by Gasteiger charge is 2.18. The maximum Gasteiger partial charge on any atom is 0.341 e. The topological polar surface area (TPSA) is 79.8 Å². The van der Waals surface area contributed by atoms with Crippen molar-refractivity contribution < 1.29 is 23.7 Å². The number of carbonyl (C=O) groups is 1. The zero-order valence-electron chi connectivity index (χ0n) is 16.1. The van der Waals surface area contributed by atoms with Gasteiger partial charge in [0.25, 0.3) is 0 Å². The fourth-order valence-corrected chi connectivity index (χ4v) is 2.53. The van der Waals surface area contributed by atoms with Crippen LogP contribution in [0.5, 0.6) is 17.5 Å². The van der Waals surface area contributed by atoms with Crippen molar-refractivity contribution in [2.45, 2.75) is 6.61 Å². The van der Waals surface area contributed by atoms with E-state index in [1.807, 2.05) is 30.3 Å². The first-order valence-electron chi connectivity index (χ1n) is 8.78. The molecule has 0 radical (unpaired) electrons. The number of aromatic nitrogens is 2. The lowest BCUT2D eigenvalue weighted by Gasteiger charge is -2.12. The summed E-state index contributed by atoms with van der Waals surface area (Å²) in [6.45, 7) is 0.372. The van der Waals surface area contributed by atoms with Gasteiger partial charge in [-0.15, -0.1) is 0 Å². The van der Waals surface area contributed by atoms with Gasteiger partial charge in [0.05, 0.1) is 26.5 Å². The quantitative estimate of drug-likeness (QED) is 0.325. The van der Waals surface area contributed by atoms with Crippen LogP contribution in [0.2, 0.25) is 0 Å². The third kappa shape index (κ3) is 5.32. The molecule has 0 saturated carbocycles. The van der Waals surface area contributed by atoms with E-state index in [1.54, 1.807) is 30.3 Å². The fraction of sp³-hybridized carbons (Fsp3) is 0.136. The van der Waals surface area contributed by atoms with Crippen molar-refractivity contribution in [1.82, 2.24) is 9.97 Å². The zero-order chi connectivity index (χ0) is 20.5. The number of benzene rings is 2. The van der Waals surface area contributed by atoms with Crippen molar-refractivity contribution in [2.75, 3.05) is 14.2 Å². The fourth-order valence-electron chi connectivity index (χ4n) is 2.53. The molecule has 29 heavy (non-hydrogen) atoms. The van der Waals surface area contributed by atoms with Gasteiger partial charge in [0.2, 0.25) is 11.8 Å². The van der Waals surface area contributed by atoms with Gasteiger partial charge in [-0.3, -0.25) is 0 Å². The molecule has 0 amide bonds. The molecule has 1 heterocycles. The van der Waals surface area contributed by atoms with Crippen molar-refractivity contribution in [3.05, 3.63) is 84.4 Å². The van der Waals surface area contributed by atoms with Crippen LogP contribution in [0.4, 0.5) is 0 Å². The van der Waals surface area contributed by atoms with Crippen molar-refractivity contribution in [3.8, 4) is 17.5 Å². The summed E-state index contributed by atoms with van der Waals surface area (Å²) in [6, 6.07) is 18.3. The van der Waals surface area contributed by atoms with E-state index in [0.29, 0.717) is 23.8 Å². The predicted octanol–water partition coefficient (Wildman–Crippen LogP) is 4.01. The number of esters is 1. The number of carbonyl (C=O) groups excluding carboxylic acids is 1. The van der Waals surface area contributed by atoms with E-state index in [2.05, 4.69) is 9.97 Å². The van der Waals surface area contributed by atoms with Crippen LogP contribution in [0.1, 0.15) is 11.1 Å². The number of rotatable bonds is 8. The predicted molar refractivity (Wildman–Crippen MR) is 106 cm³/mol. The average molecular weight is 392 g/mol. The van der Waals surface area contributed by atoms with Gasteiger partial charge in [-0.2, -0.15) is 0 Å². The first-order chi connectivity index (χ1) is 14.2. The molecule has 0 bridgehead atoms. The van der Waals surface area contributed by atoms with Gasteiger partial charge in [0.1, 0.15) is 24.3 Å². The van der Waals surface area contributed by atoms with E-state index < -0.39 is 5.97 Å². The van der Waals surface area contributed by atoms with E-state index in [-0.39, 0.29) is 11.5 Å². The van der Waals surface area contributed by atoms with Crippen molar-refractivity contribution in [1.29, 1.82) is 0 Å². The largest absolute Gasteiger partial charge is 0.503 e. The molecule has 3 rings (SSSR count). The van der Waals surface area contributed by atoms with Crippen LogP contribution in [0.3, 0.4) is 0 Å². The Kier molecular flexibility index (Phi) is 6.78. The van der Waals surface area contributed by atoms with Gasteiger partial charge < -0.3 is 18.9 Å². The Morgan fingerprint density at radius 3 is 2.45 bits per heavy atom. The average Bonchev–Trinajstić information content (AvgIpc) is 2.77. The van der Waals surface area contributed by atoms with E-state index >= 15 is 0 Å². The molecule has 7 nitrogen and oxygen atoms in total. The molecule has 1 aromatic heterocycles. The van der Waals surface area contributed by atoms with Crippen LogP contribution in [0, 0.1) is 0 Å². The summed E-state index contributed by atoms with van der Waals surface area (Å²) in [6.07, 6.45) is 2.66. The number of hydrogen-bond donors (Lipinski definition) is 0. The number of ether oxygens (including phenoxy) is 4. The molecule has 3 aromatic rings. The smallest absolute Gasteiger partial charge is 0.341 e. The molecule has 2 aromatic carbocycles. The van der Waals surface area contributed by atoms with Gasteiger partial charge in [-0.1, -0.05) is 48.5 Å². The highest BCUT2D eigenvalue weighted by molar-refractivity contribution is 6.17. The van der Waals surface area contributed by atoms with Crippen molar-refractivity contribution in [3.63, 3.8) is 0 Å². The SMILES string of the molecule is CO/C=C(/C(=O)OC)c1ccccc1Oc1cc(OCc2ccccc2)ncn1. The summed E-state index contributed by atoms with van der Waals surface area (Å²) in [4.78, 5) is 20.3. The lowest BCUT2D eigenvalue weighted by molar-refractivity contribution is -0.133. The van der Waals surface area contributed by atoms with Crippen molar-refractivity contribution >= 4 is 11.5 Å². The zero-order valence-corrected chi connectivity index (χ0v) is 16.1. The standard InChI is InChI=1S/C22H20N2O5/c1-26-14-18(22(25)27-2)17-10-6-7-11-19(17)29-21-12-20(23-15-24-21)28-13-16-8-4-3-5-9-16/h3-12,14-15H,13H2,1-2H3/b18-14+. The summed E-state index contributed by atoms with van der Waals surface area (Å²) in [7, 11) is 2.75. The summed E-state index contributed by atoms with van der Waals surface area (Å²) < 4.78 is 21.4. The third-order valence-corrected chi connectivity index (χ3v) is 3.88. The molecule has 7 heteroatoms. The first-order valence-corrected chi connectivity index (χ1v) is 8.78. The molecule has 0 atom stereocenters. The van der Waals surface area contributed by atoms with Gasteiger partial charge in [-0.05, 0) is 11.6 Å². The van der Waals surface area contributed by atoms with E-state index in [0.717, 1.165) is 5.56 Å². The monoisotopic (exact) mass is 392 g/mol. The number of nitrogens with zero attached hydrogens (tertiary/aromatic N) is 2. The van der Waals surface area contributed by atoms with Crippen LogP contribution in [-0.2, 0) is 20.9 Å². The van der Waals surface area contributed by atoms with Gasteiger partial charge in [-0.25, -0.2) is 14.8 Å². The normalized spacial score (nSPS) is 10.9. The Bertz CT molecular complexity index is 989. The van der Waals surface area contributed by atoms with Crippen LogP contribution < -0.4 is 9.47 Å². The molecule has 0 aliphatic heterocycles. The van der Waals surface area contributed by atoms with Gasteiger partial charge >= 0.3 is 5.97 Å². The van der Waals surface area contributed by atoms with Crippen LogP contribution >= 0.6 is 0 Å². The van der Waals surface area contributed by atoms with Crippen molar-refractivity contribution in [2.24, 2.45) is 0 Å². The van der Waals surface area contributed by atoms with Crippen LogP contribution in [-0.4, -0.2) is 30.2 Å². The lowest BCUT2D eigenvalue weighted by atomic mass is 10.1. The minimum absolute atomic E-state index is 0.222. The molecule has 0 unspecified atom stereocenters. The Balaban J connectivity index is 1.80. The van der Waals surface area contributed by atoms with Crippen LogP contribution in [0.25, 0.3) is 5.57 Å². The number of hydrogen-bond acceptors (Lipinski definition) is 7. The lowest BCUT2D eigenvalue weighted by Crippen LogP contribution is -2.06. The maximum atomic E-state index is 12.1. The van der Waals surface area contributed by atoms with Gasteiger partial charge in [0, 0.05) is 5.56 Å². The Labute approximate surface area is 168 Å². The Morgan fingerprint density at radius 2 is 1.69 bits per heavy atom. The number of para-hydroxylation sites is 1. The first kappa shape index (κ1) is 19.9. The molecular weight excluding hydrogens is 372 g/mol. The summed E-state index contributed by atoms with van der Waals surface area (Å²) in [5.74, 6) is 0.514. The van der Waals surface area contributed by atoms with E-state index in [4.69, 9.17) is 18.9 Å².